The van der Waals surface area contributed by atoms with Gasteiger partial charge in [0.25, 0.3) is 0 Å². The van der Waals surface area contributed by atoms with E-state index in [0.29, 0.717) is 0 Å². The fourth-order valence-corrected chi connectivity index (χ4v) is 12.3. The zero-order chi connectivity index (χ0) is 17.3. The van der Waals surface area contributed by atoms with Crippen LogP contribution in [0.3, 0.4) is 0 Å². The van der Waals surface area contributed by atoms with E-state index in [0.717, 1.165) is 12.8 Å². The average molecular weight is 331 g/mol. The Hall–Kier alpha value is 0.394. The molecule has 1 nitrogen and oxygen atoms in total. The molecule has 128 valence electrons. The number of rotatable bonds is 7. The molecule has 0 saturated heterocycles. The van der Waals surface area contributed by atoms with Gasteiger partial charge in [-0.25, -0.2) is 0 Å². The van der Waals surface area contributed by atoms with Crippen LogP contribution in [0.25, 0.3) is 0 Å². The third kappa shape index (κ3) is 3.84. The van der Waals surface area contributed by atoms with Crippen LogP contribution in [0.4, 0.5) is 0 Å². The van der Waals surface area contributed by atoms with Crippen molar-refractivity contribution in [3.05, 3.63) is 0 Å². The third-order valence-electron chi connectivity index (χ3n) is 6.65. The van der Waals surface area contributed by atoms with E-state index in [2.05, 4.69) is 81.2 Å². The SMILES string of the molecule is CCC(CC)(O[Si](C)(C)C(C)(CC)C(C)(C)C)[Si](C)(C)C. The van der Waals surface area contributed by atoms with Gasteiger partial charge in [-0.2, -0.15) is 0 Å². The summed E-state index contributed by atoms with van der Waals surface area (Å²) in [6.45, 7) is 29.0. The average Bonchev–Trinajstić information content (AvgIpc) is 2.31. The summed E-state index contributed by atoms with van der Waals surface area (Å²) in [5, 5.41) is 0.416. The largest absolute Gasteiger partial charge is 0.414 e. The molecule has 0 fully saturated rings. The van der Waals surface area contributed by atoms with Crippen LogP contribution in [0.1, 0.15) is 67.7 Å². The van der Waals surface area contributed by atoms with E-state index in [1.54, 1.807) is 0 Å². The molecule has 0 heterocycles. The van der Waals surface area contributed by atoms with Gasteiger partial charge in [-0.05, 0) is 36.4 Å². The molecule has 0 aliphatic rings. The lowest BCUT2D eigenvalue weighted by Crippen LogP contribution is -2.62. The lowest BCUT2D eigenvalue weighted by atomic mass is 9.79. The van der Waals surface area contributed by atoms with Gasteiger partial charge in [0.05, 0.1) is 8.07 Å². The molecule has 0 aromatic rings. The van der Waals surface area contributed by atoms with E-state index in [9.17, 15) is 0 Å². The minimum Gasteiger partial charge on any atom is -0.414 e. The van der Waals surface area contributed by atoms with E-state index in [1.165, 1.54) is 6.42 Å². The summed E-state index contributed by atoms with van der Waals surface area (Å²) >= 11 is 0. The first-order chi connectivity index (χ1) is 9.14. The summed E-state index contributed by atoms with van der Waals surface area (Å²) in [5.74, 6) is 0. The van der Waals surface area contributed by atoms with Crippen molar-refractivity contribution in [2.45, 2.75) is 111 Å². The molecule has 3 heteroatoms. The summed E-state index contributed by atoms with van der Waals surface area (Å²) < 4.78 is 7.17. The molecule has 1 unspecified atom stereocenters. The highest BCUT2D eigenvalue weighted by atomic mass is 28.4. The molecule has 0 aliphatic heterocycles. The highest BCUT2D eigenvalue weighted by molar-refractivity contribution is 6.81. The van der Waals surface area contributed by atoms with Crippen molar-refractivity contribution in [1.29, 1.82) is 0 Å². The lowest BCUT2D eigenvalue weighted by Gasteiger charge is -2.56. The number of hydrogen-bond acceptors (Lipinski definition) is 1. The molecule has 0 saturated carbocycles. The van der Waals surface area contributed by atoms with Crippen molar-refractivity contribution in [2.75, 3.05) is 0 Å². The maximum Gasteiger partial charge on any atom is 0.193 e. The van der Waals surface area contributed by atoms with Gasteiger partial charge >= 0.3 is 0 Å². The summed E-state index contributed by atoms with van der Waals surface area (Å²) in [5.41, 5.74) is 0.282. The molecule has 0 N–H and O–H groups in total. The van der Waals surface area contributed by atoms with Crippen molar-refractivity contribution in [3.8, 4) is 0 Å². The van der Waals surface area contributed by atoms with Crippen molar-refractivity contribution in [2.24, 2.45) is 5.41 Å². The molecule has 21 heavy (non-hydrogen) atoms. The Balaban J connectivity index is 5.82. The van der Waals surface area contributed by atoms with Gasteiger partial charge < -0.3 is 4.43 Å². The molecular weight excluding hydrogens is 288 g/mol. The third-order valence-corrected chi connectivity index (χ3v) is 15.1. The van der Waals surface area contributed by atoms with Crippen LogP contribution in [0, 0.1) is 5.41 Å². The summed E-state index contributed by atoms with van der Waals surface area (Å²) in [6.07, 6.45) is 3.50. The van der Waals surface area contributed by atoms with Gasteiger partial charge in [0.15, 0.2) is 8.32 Å². The monoisotopic (exact) mass is 330 g/mol. The smallest absolute Gasteiger partial charge is 0.193 e. The van der Waals surface area contributed by atoms with Crippen molar-refractivity contribution in [3.63, 3.8) is 0 Å². The molecule has 0 bridgehead atoms. The van der Waals surface area contributed by atoms with Gasteiger partial charge in [0.1, 0.15) is 0 Å². The van der Waals surface area contributed by atoms with Crippen molar-refractivity contribution in [1.82, 2.24) is 0 Å². The van der Waals surface area contributed by atoms with Crippen LogP contribution in [0.2, 0.25) is 37.8 Å². The van der Waals surface area contributed by atoms with Crippen LogP contribution in [0.5, 0.6) is 0 Å². The zero-order valence-electron chi connectivity index (χ0n) is 17.0. The molecule has 0 aliphatic carbocycles. The summed E-state index contributed by atoms with van der Waals surface area (Å²) in [7, 11) is -3.23. The van der Waals surface area contributed by atoms with Crippen LogP contribution >= 0.6 is 0 Å². The molecule has 0 radical (unpaired) electrons. The highest BCUT2D eigenvalue weighted by Crippen LogP contribution is 2.57. The number of hydrogen-bond donors (Lipinski definition) is 0. The van der Waals surface area contributed by atoms with Crippen molar-refractivity contribution < 1.29 is 4.43 Å². The topological polar surface area (TPSA) is 9.23 Å². The second-order valence-corrected chi connectivity index (χ2v) is 19.2. The fourth-order valence-electron chi connectivity index (χ4n) is 4.07. The van der Waals surface area contributed by atoms with Gasteiger partial charge in [-0.15, -0.1) is 0 Å². The quantitative estimate of drug-likeness (QED) is 0.463. The minimum atomic E-state index is -1.84. The van der Waals surface area contributed by atoms with E-state index in [1.807, 2.05) is 0 Å². The second kappa shape index (κ2) is 6.48. The predicted octanol–water partition coefficient (Wildman–Crippen LogP) is 6.86. The Labute approximate surface area is 137 Å². The molecule has 0 aromatic carbocycles. The maximum atomic E-state index is 7.17. The lowest BCUT2D eigenvalue weighted by molar-refractivity contribution is 0.0971. The fraction of sp³-hybridized carbons (Fsp3) is 1.00. The zero-order valence-corrected chi connectivity index (χ0v) is 19.0. The van der Waals surface area contributed by atoms with Crippen LogP contribution < -0.4 is 0 Å². The Morgan fingerprint density at radius 1 is 0.714 bits per heavy atom. The highest BCUT2D eigenvalue weighted by Gasteiger charge is 2.55. The summed E-state index contributed by atoms with van der Waals surface area (Å²) in [6, 6.07) is 0. The van der Waals surface area contributed by atoms with Gasteiger partial charge in [-0.1, -0.05) is 74.5 Å². The predicted molar refractivity (Wildman–Crippen MR) is 103 cm³/mol. The summed E-state index contributed by atoms with van der Waals surface area (Å²) in [4.78, 5) is 0. The van der Waals surface area contributed by atoms with Gasteiger partial charge in [0, 0.05) is 5.22 Å². The Morgan fingerprint density at radius 3 is 1.29 bits per heavy atom. The maximum absolute atomic E-state index is 7.17. The van der Waals surface area contributed by atoms with Crippen LogP contribution in [-0.2, 0) is 4.43 Å². The normalized spacial score (nSPS) is 17.7. The molecule has 0 spiro atoms. The van der Waals surface area contributed by atoms with E-state index in [4.69, 9.17) is 4.43 Å². The molecule has 0 aromatic heterocycles. The molecule has 0 rings (SSSR count). The van der Waals surface area contributed by atoms with Gasteiger partial charge in [0.2, 0.25) is 0 Å². The second-order valence-electron chi connectivity index (χ2n) is 9.50. The van der Waals surface area contributed by atoms with Crippen LogP contribution in [0.15, 0.2) is 0 Å². The Bertz CT molecular complexity index is 332. The molecule has 0 amide bonds. The van der Waals surface area contributed by atoms with E-state index >= 15 is 0 Å². The van der Waals surface area contributed by atoms with E-state index in [-0.39, 0.29) is 15.7 Å². The molecular formula is C18H42OSi2. The first kappa shape index (κ1) is 21.4. The first-order valence-electron chi connectivity index (χ1n) is 8.84. The van der Waals surface area contributed by atoms with Crippen LogP contribution in [-0.4, -0.2) is 21.6 Å². The standard InChI is InChI=1S/C18H42OSi2/c1-13-17(7,16(4,5)6)21(11,12)19-18(14-2,15-3)20(8,9)10/h13-15H2,1-12H3. The van der Waals surface area contributed by atoms with Crippen molar-refractivity contribution >= 4 is 16.4 Å². The van der Waals surface area contributed by atoms with E-state index < -0.39 is 16.4 Å². The molecule has 1 atom stereocenters. The Kier molecular flexibility index (Phi) is 6.61. The first-order valence-corrected chi connectivity index (χ1v) is 15.2. The Morgan fingerprint density at radius 2 is 1.10 bits per heavy atom. The van der Waals surface area contributed by atoms with Gasteiger partial charge in [-0.3, -0.25) is 0 Å². The minimum absolute atomic E-state index is 0.129.